The number of β-lactam (4-membered cyclic amide) rings is 1. The molecule has 29 heavy (non-hydrogen) atoms. The van der Waals surface area contributed by atoms with Gasteiger partial charge in [0.15, 0.2) is 0 Å². The van der Waals surface area contributed by atoms with Gasteiger partial charge in [-0.15, -0.1) is 0 Å². The lowest BCUT2D eigenvalue weighted by Gasteiger charge is -2.51. The number of carbonyl (C=O) groups excluding carboxylic acids is 3. The average molecular weight is 415 g/mol. The molecule has 3 amide bonds. The number of carbonyl (C=O) groups is 3. The van der Waals surface area contributed by atoms with Gasteiger partial charge in [-0.3, -0.25) is 14.4 Å². The van der Waals surface area contributed by atoms with Gasteiger partial charge in [0.2, 0.25) is 5.91 Å². The number of aliphatic hydroxyl groups excluding tert-OH is 1. The molecule has 3 atom stereocenters. The van der Waals surface area contributed by atoms with E-state index in [0.717, 1.165) is 6.92 Å². The zero-order chi connectivity index (χ0) is 21.4. The fourth-order valence-corrected chi connectivity index (χ4v) is 3.73. The van der Waals surface area contributed by atoms with Gasteiger partial charge >= 0.3 is 12.1 Å². The first-order chi connectivity index (χ1) is 13.6. The van der Waals surface area contributed by atoms with Crippen molar-refractivity contribution in [2.24, 2.45) is 0 Å². The lowest BCUT2D eigenvalue weighted by Crippen LogP contribution is -2.74. The number of aromatic nitrogens is 2. The van der Waals surface area contributed by atoms with E-state index < -0.39 is 35.7 Å². The monoisotopic (exact) mass is 415 g/mol. The number of halogens is 3. The van der Waals surface area contributed by atoms with Crippen LogP contribution in [0.25, 0.3) is 0 Å². The molecule has 0 aromatic carbocycles. The molecule has 0 radical (unpaired) electrons. The van der Waals surface area contributed by atoms with E-state index in [1.54, 1.807) is 6.07 Å². The Kier molecular flexibility index (Phi) is 5.48. The molecule has 0 aliphatic carbocycles. The van der Waals surface area contributed by atoms with E-state index in [9.17, 15) is 32.7 Å². The fraction of sp³-hybridized carbons (Fsp3) is 0.588. The van der Waals surface area contributed by atoms with Crippen molar-refractivity contribution < 1.29 is 32.7 Å². The molecular weight excluding hydrogens is 395 g/mol. The standard InChI is InChI=1S/C17H20F3N5O4/c1-10(26)12(23-14(28)17(18,19)20)13(27)25-7-2-4-16(25)9-24(15(16)29)8-11-21-5-3-6-22-11/h3,5-6,10,12,26H,2,4,7-9H2,1H3,(H,23,28)/t10-,12+,16?/m1/s1. The third-order valence-electron chi connectivity index (χ3n) is 5.14. The predicted molar refractivity (Wildman–Crippen MR) is 90.8 cm³/mol. The molecule has 1 spiro atoms. The van der Waals surface area contributed by atoms with Crippen molar-refractivity contribution in [3.63, 3.8) is 0 Å². The van der Waals surface area contributed by atoms with Crippen LogP contribution in [-0.4, -0.2) is 79.5 Å². The molecule has 2 N–H and O–H groups in total. The summed E-state index contributed by atoms with van der Waals surface area (Å²) in [5.74, 6) is -3.18. The Hall–Kier alpha value is -2.76. The number of hydrogen-bond donors (Lipinski definition) is 2. The number of likely N-dealkylation sites (tertiary alicyclic amines) is 2. The largest absolute Gasteiger partial charge is 0.471 e. The lowest BCUT2D eigenvalue weighted by molar-refractivity contribution is -0.178. The quantitative estimate of drug-likeness (QED) is 0.633. The lowest BCUT2D eigenvalue weighted by atomic mass is 9.85. The summed E-state index contributed by atoms with van der Waals surface area (Å²) < 4.78 is 37.7. The number of nitrogens with one attached hydrogen (secondary N) is 1. The Balaban J connectivity index is 1.73. The van der Waals surface area contributed by atoms with E-state index in [2.05, 4.69) is 9.97 Å². The second-order valence-corrected chi connectivity index (χ2v) is 7.14. The van der Waals surface area contributed by atoms with E-state index in [1.807, 2.05) is 0 Å². The third-order valence-corrected chi connectivity index (χ3v) is 5.14. The summed E-state index contributed by atoms with van der Waals surface area (Å²) in [6, 6.07) is -0.176. The van der Waals surface area contributed by atoms with Gasteiger partial charge in [0.25, 0.3) is 5.91 Å². The molecule has 1 unspecified atom stereocenters. The summed E-state index contributed by atoms with van der Waals surface area (Å²) in [4.78, 5) is 47.6. The molecule has 0 bridgehead atoms. The van der Waals surface area contributed by atoms with Crippen LogP contribution >= 0.6 is 0 Å². The Morgan fingerprint density at radius 1 is 1.34 bits per heavy atom. The van der Waals surface area contributed by atoms with E-state index >= 15 is 0 Å². The zero-order valence-electron chi connectivity index (χ0n) is 15.5. The highest BCUT2D eigenvalue weighted by Gasteiger charge is 2.60. The van der Waals surface area contributed by atoms with Gasteiger partial charge in [-0.1, -0.05) is 0 Å². The zero-order valence-corrected chi connectivity index (χ0v) is 15.5. The van der Waals surface area contributed by atoms with Gasteiger partial charge in [-0.05, 0) is 25.8 Å². The van der Waals surface area contributed by atoms with Crippen LogP contribution in [0.5, 0.6) is 0 Å². The first-order valence-corrected chi connectivity index (χ1v) is 8.99. The second kappa shape index (κ2) is 7.58. The normalized spacial score (nSPS) is 23.7. The number of aliphatic hydroxyl groups is 1. The number of rotatable bonds is 5. The predicted octanol–water partition coefficient (Wildman–Crippen LogP) is -0.392. The number of amides is 3. The van der Waals surface area contributed by atoms with Crippen LogP contribution in [-0.2, 0) is 20.9 Å². The van der Waals surface area contributed by atoms with Crippen LogP contribution in [0.2, 0.25) is 0 Å². The number of nitrogens with zero attached hydrogens (tertiary/aromatic N) is 4. The van der Waals surface area contributed by atoms with Gasteiger partial charge in [-0.25, -0.2) is 9.97 Å². The Morgan fingerprint density at radius 2 is 2.00 bits per heavy atom. The topological polar surface area (TPSA) is 116 Å². The minimum Gasteiger partial charge on any atom is -0.391 e. The Morgan fingerprint density at radius 3 is 2.55 bits per heavy atom. The van der Waals surface area contributed by atoms with Crippen LogP contribution in [0.3, 0.4) is 0 Å². The Labute approximate surface area is 163 Å². The van der Waals surface area contributed by atoms with Crippen molar-refractivity contribution in [3.05, 3.63) is 24.3 Å². The summed E-state index contributed by atoms with van der Waals surface area (Å²) in [5, 5.41) is 11.3. The van der Waals surface area contributed by atoms with Crippen molar-refractivity contribution >= 4 is 17.7 Å². The third kappa shape index (κ3) is 3.88. The molecule has 12 heteroatoms. The van der Waals surface area contributed by atoms with Crippen LogP contribution in [0.15, 0.2) is 18.5 Å². The summed E-state index contributed by atoms with van der Waals surface area (Å²) in [6.45, 7) is 1.57. The highest BCUT2D eigenvalue weighted by atomic mass is 19.4. The number of alkyl halides is 3. The second-order valence-electron chi connectivity index (χ2n) is 7.14. The van der Waals surface area contributed by atoms with Gasteiger partial charge in [-0.2, -0.15) is 13.2 Å². The minimum absolute atomic E-state index is 0.144. The number of hydrogen-bond acceptors (Lipinski definition) is 6. The molecule has 2 saturated heterocycles. The van der Waals surface area contributed by atoms with Crippen molar-refractivity contribution in [2.45, 2.75) is 50.2 Å². The molecule has 1 aromatic rings. The summed E-state index contributed by atoms with van der Waals surface area (Å²) in [5.41, 5.74) is -1.18. The van der Waals surface area contributed by atoms with Crippen molar-refractivity contribution in [1.29, 1.82) is 0 Å². The van der Waals surface area contributed by atoms with Crippen molar-refractivity contribution in [3.8, 4) is 0 Å². The van der Waals surface area contributed by atoms with Crippen LogP contribution in [0.4, 0.5) is 13.2 Å². The van der Waals surface area contributed by atoms with E-state index in [4.69, 9.17) is 0 Å². The van der Waals surface area contributed by atoms with Gasteiger partial charge in [0.1, 0.15) is 17.4 Å². The summed E-state index contributed by atoms with van der Waals surface area (Å²) in [6.07, 6.45) is -2.88. The molecule has 2 fully saturated rings. The first-order valence-electron chi connectivity index (χ1n) is 8.99. The highest BCUT2D eigenvalue weighted by molar-refractivity contribution is 5.99. The van der Waals surface area contributed by atoms with Crippen molar-refractivity contribution in [1.82, 2.24) is 25.1 Å². The van der Waals surface area contributed by atoms with Gasteiger partial charge < -0.3 is 20.2 Å². The molecule has 3 rings (SSSR count). The molecule has 0 saturated carbocycles. The van der Waals surface area contributed by atoms with E-state index in [1.165, 1.54) is 27.5 Å². The molecule has 3 heterocycles. The van der Waals surface area contributed by atoms with Crippen LogP contribution < -0.4 is 5.32 Å². The average Bonchev–Trinajstić information content (AvgIpc) is 3.11. The maximum absolute atomic E-state index is 12.9. The smallest absolute Gasteiger partial charge is 0.391 e. The Bertz CT molecular complexity index is 804. The highest BCUT2D eigenvalue weighted by Crippen LogP contribution is 2.40. The van der Waals surface area contributed by atoms with E-state index in [0.29, 0.717) is 18.7 Å². The summed E-state index contributed by atoms with van der Waals surface area (Å²) >= 11 is 0. The minimum atomic E-state index is -5.20. The maximum Gasteiger partial charge on any atom is 0.471 e. The molecule has 2 aliphatic rings. The SMILES string of the molecule is C[C@@H](O)[C@H](NC(=O)C(F)(F)F)C(=O)N1CCCC12CN(Cc1ncccn1)C2=O. The molecule has 1 aromatic heterocycles. The molecule has 9 nitrogen and oxygen atoms in total. The molecule has 158 valence electrons. The van der Waals surface area contributed by atoms with Crippen LogP contribution in [0.1, 0.15) is 25.6 Å². The molecule has 2 aliphatic heterocycles. The van der Waals surface area contributed by atoms with Gasteiger partial charge in [0, 0.05) is 18.9 Å². The van der Waals surface area contributed by atoms with Crippen molar-refractivity contribution in [2.75, 3.05) is 13.1 Å². The van der Waals surface area contributed by atoms with Crippen LogP contribution in [0, 0.1) is 0 Å². The maximum atomic E-state index is 12.9. The fourth-order valence-electron chi connectivity index (χ4n) is 3.73. The van der Waals surface area contributed by atoms with E-state index in [-0.39, 0.29) is 25.5 Å². The van der Waals surface area contributed by atoms with Gasteiger partial charge in [0.05, 0.1) is 19.2 Å². The molecular formula is C17H20F3N5O4. The first kappa shape index (κ1) is 21.0. The summed E-state index contributed by atoms with van der Waals surface area (Å²) in [7, 11) is 0.